The van der Waals surface area contributed by atoms with Crippen molar-refractivity contribution in [3.8, 4) is 0 Å². The molecular weight excluding hydrogens is 263 g/mol. The number of ether oxygens (including phenoxy) is 1. The van der Waals surface area contributed by atoms with E-state index < -0.39 is 18.0 Å². The molecule has 1 aliphatic heterocycles. The van der Waals surface area contributed by atoms with E-state index in [0.717, 1.165) is 0 Å². The molecular formula is C14H19FN2O3. The zero-order valence-corrected chi connectivity index (χ0v) is 11.6. The number of hydrogen-bond acceptors (Lipinski definition) is 4. The number of amides is 1. The molecule has 20 heavy (non-hydrogen) atoms. The molecule has 1 amide bonds. The second kappa shape index (κ2) is 6.19. The van der Waals surface area contributed by atoms with E-state index in [0.29, 0.717) is 18.7 Å². The molecule has 2 atom stereocenters. The van der Waals surface area contributed by atoms with E-state index in [4.69, 9.17) is 4.74 Å². The Balaban J connectivity index is 2.44. The van der Waals surface area contributed by atoms with Crippen molar-refractivity contribution in [1.82, 2.24) is 5.32 Å². The number of aliphatic hydroxyl groups is 1. The van der Waals surface area contributed by atoms with Gasteiger partial charge < -0.3 is 20.1 Å². The van der Waals surface area contributed by atoms with E-state index in [1.807, 2.05) is 0 Å². The lowest BCUT2D eigenvalue weighted by atomic mass is 10.0. The molecule has 0 aromatic heterocycles. The number of carbonyl (C=O) groups excluding carboxylic acids is 1. The van der Waals surface area contributed by atoms with Crippen LogP contribution in [-0.2, 0) is 9.53 Å². The summed E-state index contributed by atoms with van der Waals surface area (Å²) in [6.07, 6.45) is -0.811. The van der Waals surface area contributed by atoms with Crippen LogP contribution in [0.5, 0.6) is 0 Å². The molecule has 1 heterocycles. The van der Waals surface area contributed by atoms with Gasteiger partial charge in [-0.2, -0.15) is 0 Å². The van der Waals surface area contributed by atoms with Crippen molar-refractivity contribution in [3.05, 3.63) is 29.6 Å². The topological polar surface area (TPSA) is 61.8 Å². The molecule has 1 aliphatic rings. The van der Waals surface area contributed by atoms with E-state index in [-0.39, 0.29) is 18.2 Å². The molecule has 0 saturated carbocycles. The number of anilines is 1. The van der Waals surface area contributed by atoms with Crippen LogP contribution in [0, 0.1) is 5.82 Å². The van der Waals surface area contributed by atoms with Gasteiger partial charge in [-0.3, -0.25) is 4.79 Å². The Labute approximate surface area is 117 Å². The van der Waals surface area contributed by atoms with Crippen LogP contribution in [0.25, 0.3) is 0 Å². The van der Waals surface area contributed by atoms with Crippen LogP contribution in [0.15, 0.2) is 18.2 Å². The van der Waals surface area contributed by atoms with Gasteiger partial charge in [0.15, 0.2) is 0 Å². The van der Waals surface area contributed by atoms with Gasteiger partial charge in [-0.15, -0.1) is 0 Å². The Kier molecular flexibility index (Phi) is 4.57. The van der Waals surface area contributed by atoms with Crippen LogP contribution in [0.1, 0.15) is 18.6 Å². The Morgan fingerprint density at radius 3 is 3.00 bits per heavy atom. The van der Waals surface area contributed by atoms with E-state index in [2.05, 4.69) is 5.32 Å². The third kappa shape index (κ3) is 2.76. The average Bonchev–Trinajstić information content (AvgIpc) is 2.46. The van der Waals surface area contributed by atoms with Crippen molar-refractivity contribution < 1.29 is 19.0 Å². The number of aliphatic hydroxyl groups excluding tert-OH is 1. The summed E-state index contributed by atoms with van der Waals surface area (Å²) < 4.78 is 19.5. The largest absolute Gasteiger partial charge is 0.389 e. The summed E-state index contributed by atoms with van der Waals surface area (Å²) in [6, 6.07) is 3.95. The van der Waals surface area contributed by atoms with Crippen LogP contribution in [0.4, 0.5) is 10.1 Å². The number of para-hydroxylation sites is 1. The normalized spacial score (nSPS) is 20.6. The molecule has 0 aliphatic carbocycles. The highest BCUT2D eigenvalue weighted by molar-refractivity contribution is 5.85. The van der Waals surface area contributed by atoms with Crippen molar-refractivity contribution in [2.75, 3.05) is 31.7 Å². The number of carbonyl (C=O) groups is 1. The van der Waals surface area contributed by atoms with Crippen molar-refractivity contribution in [1.29, 1.82) is 0 Å². The lowest BCUT2D eigenvalue weighted by Gasteiger charge is -2.37. The molecule has 1 saturated heterocycles. The molecule has 5 nitrogen and oxygen atoms in total. The molecule has 2 unspecified atom stereocenters. The smallest absolute Gasteiger partial charge is 0.244 e. The standard InChI is InChI=1S/C14H19FN2O3/c1-9(18)10-4-3-5-11(15)13(10)17-6-7-20-8-12(17)14(19)16-2/h3-5,9,12,18H,6-8H2,1-2H3,(H,16,19). The maximum Gasteiger partial charge on any atom is 0.244 e. The number of likely N-dealkylation sites (N-methyl/N-ethyl adjacent to an activating group) is 1. The highest BCUT2D eigenvalue weighted by Crippen LogP contribution is 2.31. The zero-order chi connectivity index (χ0) is 14.7. The Bertz CT molecular complexity index is 493. The molecule has 2 N–H and O–H groups in total. The summed E-state index contributed by atoms with van der Waals surface area (Å²) in [7, 11) is 1.53. The summed E-state index contributed by atoms with van der Waals surface area (Å²) in [5.74, 6) is -0.677. The summed E-state index contributed by atoms with van der Waals surface area (Å²) >= 11 is 0. The van der Waals surface area contributed by atoms with E-state index in [1.165, 1.54) is 13.1 Å². The minimum Gasteiger partial charge on any atom is -0.389 e. The fraction of sp³-hybridized carbons (Fsp3) is 0.500. The number of benzene rings is 1. The summed E-state index contributed by atoms with van der Waals surface area (Å²) in [5, 5.41) is 12.4. The second-order valence-corrected chi connectivity index (χ2v) is 4.75. The van der Waals surface area contributed by atoms with E-state index >= 15 is 0 Å². The quantitative estimate of drug-likeness (QED) is 0.862. The van der Waals surface area contributed by atoms with Gasteiger partial charge in [-0.05, 0) is 13.0 Å². The van der Waals surface area contributed by atoms with Gasteiger partial charge in [0, 0.05) is 19.2 Å². The first-order chi connectivity index (χ1) is 9.56. The fourth-order valence-electron chi connectivity index (χ4n) is 2.43. The van der Waals surface area contributed by atoms with Crippen LogP contribution >= 0.6 is 0 Å². The number of halogens is 1. The lowest BCUT2D eigenvalue weighted by Crippen LogP contribution is -2.54. The molecule has 1 aromatic carbocycles. The van der Waals surface area contributed by atoms with Gasteiger partial charge in [0.1, 0.15) is 11.9 Å². The van der Waals surface area contributed by atoms with Gasteiger partial charge in [-0.25, -0.2) is 4.39 Å². The molecule has 0 radical (unpaired) electrons. The first-order valence-electron chi connectivity index (χ1n) is 6.58. The maximum absolute atomic E-state index is 14.2. The minimum atomic E-state index is -0.811. The number of nitrogens with one attached hydrogen (secondary N) is 1. The predicted octanol–water partition coefficient (Wildman–Crippen LogP) is 0.830. The van der Waals surface area contributed by atoms with Gasteiger partial charge in [0.2, 0.25) is 5.91 Å². The summed E-state index contributed by atoms with van der Waals surface area (Å²) in [5.41, 5.74) is 0.750. The van der Waals surface area contributed by atoms with Gasteiger partial charge in [0.05, 0.1) is 25.0 Å². The lowest BCUT2D eigenvalue weighted by molar-refractivity contribution is -0.124. The zero-order valence-electron chi connectivity index (χ0n) is 11.6. The third-order valence-electron chi connectivity index (χ3n) is 3.43. The molecule has 6 heteroatoms. The Hall–Kier alpha value is -1.66. The highest BCUT2D eigenvalue weighted by atomic mass is 19.1. The third-order valence-corrected chi connectivity index (χ3v) is 3.43. The van der Waals surface area contributed by atoms with Crippen LogP contribution in [-0.4, -0.2) is 43.9 Å². The van der Waals surface area contributed by atoms with Gasteiger partial charge in [0.25, 0.3) is 0 Å². The molecule has 1 aromatic rings. The Morgan fingerprint density at radius 1 is 1.60 bits per heavy atom. The van der Waals surface area contributed by atoms with E-state index in [1.54, 1.807) is 24.0 Å². The SMILES string of the molecule is CNC(=O)C1COCCN1c1c(F)cccc1C(C)O. The number of nitrogens with zero attached hydrogens (tertiary/aromatic N) is 1. The van der Waals surface area contributed by atoms with Crippen molar-refractivity contribution in [3.63, 3.8) is 0 Å². The number of rotatable bonds is 3. The molecule has 2 rings (SSSR count). The molecule has 0 spiro atoms. The predicted molar refractivity (Wildman–Crippen MR) is 73.1 cm³/mol. The van der Waals surface area contributed by atoms with Crippen LogP contribution in [0.3, 0.4) is 0 Å². The van der Waals surface area contributed by atoms with Gasteiger partial charge in [-0.1, -0.05) is 12.1 Å². The summed E-state index contributed by atoms with van der Waals surface area (Å²) in [4.78, 5) is 13.6. The first-order valence-corrected chi connectivity index (χ1v) is 6.58. The van der Waals surface area contributed by atoms with Gasteiger partial charge >= 0.3 is 0 Å². The fourth-order valence-corrected chi connectivity index (χ4v) is 2.43. The van der Waals surface area contributed by atoms with E-state index in [9.17, 15) is 14.3 Å². The molecule has 110 valence electrons. The number of morpholine rings is 1. The second-order valence-electron chi connectivity index (χ2n) is 4.75. The van der Waals surface area contributed by atoms with Crippen LogP contribution in [0.2, 0.25) is 0 Å². The monoisotopic (exact) mass is 282 g/mol. The first kappa shape index (κ1) is 14.7. The van der Waals surface area contributed by atoms with Crippen molar-refractivity contribution in [2.24, 2.45) is 0 Å². The molecule has 1 fully saturated rings. The maximum atomic E-state index is 14.2. The summed E-state index contributed by atoms with van der Waals surface area (Å²) in [6.45, 7) is 2.60. The highest BCUT2D eigenvalue weighted by Gasteiger charge is 2.32. The van der Waals surface area contributed by atoms with Crippen molar-refractivity contribution >= 4 is 11.6 Å². The number of hydrogen-bond donors (Lipinski definition) is 2. The Morgan fingerprint density at radius 2 is 2.35 bits per heavy atom. The van der Waals surface area contributed by atoms with Crippen LogP contribution < -0.4 is 10.2 Å². The van der Waals surface area contributed by atoms with Crippen molar-refractivity contribution in [2.45, 2.75) is 19.1 Å². The molecule has 0 bridgehead atoms. The minimum absolute atomic E-state index is 0.202. The average molecular weight is 282 g/mol.